The molecule has 1 aliphatic heterocycles. The van der Waals surface area contributed by atoms with Gasteiger partial charge in [-0.2, -0.15) is 0 Å². The van der Waals surface area contributed by atoms with Crippen molar-refractivity contribution in [2.75, 3.05) is 33.4 Å². The normalized spacial score (nSPS) is 19.9. The number of carbonyl (C=O) groups is 1. The van der Waals surface area contributed by atoms with E-state index in [0.29, 0.717) is 19.8 Å². The third kappa shape index (κ3) is 4.97. The second-order valence-corrected chi connectivity index (χ2v) is 5.97. The third-order valence-electron chi connectivity index (χ3n) is 4.05. The lowest BCUT2D eigenvalue weighted by Crippen LogP contribution is -2.39. The number of halogens is 1. The van der Waals surface area contributed by atoms with Gasteiger partial charge in [-0.25, -0.2) is 0 Å². The molecule has 1 saturated heterocycles. The quantitative estimate of drug-likeness (QED) is 0.434. The molecular formula is C17H24ClNO3. The van der Waals surface area contributed by atoms with Crippen molar-refractivity contribution in [3.05, 3.63) is 35.9 Å². The summed E-state index contributed by atoms with van der Waals surface area (Å²) in [5.74, 6) is 0.279. The standard InChI is InChI=1S/C17H24ClNO3/c1-21-11-6-12-22-16(14-7-3-2-4-8-14)15-9-5-10-19(13-15)17(18)20/h2-4,7-8,15-16H,5-6,9-13H2,1H3/t15-,16+/m1/s1. The van der Waals surface area contributed by atoms with E-state index < -0.39 is 0 Å². The monoisotopic (exact) mass is 325 g/mol. The molecule has 122 valence electrons. The highest BCUT2D eigenvalue weighted by molar-refractivity contribution is 6.62. The highest BCUT2D eigenvalue weighted by Gasteiger charge is 2.30. The van der Waals surface area contributed by atoms with Crippen LogP contribution in [0.25, 0.3) is 0 Å². The molecule has 5 heteroatoms. The number of carbonyl (C=O) groups excluding carboxylic acids is 1. The number of likely N-dealkylation sites (tertiary alicyclic amines) is 1. The number of nitrogens with zero attached hydrogens (tertiary/aromatic N) is 1. The van der Waals surface area contributed by atoms with Crippen LogP contribution in [0.2, 0.25) is 0 Å². The largest absolute Gasteiger partial charge is 0.385 e. The molecule has 1 aromatic rings. The maximum Gasteiger partial charge on any atom is 0.316 e. The molecule has 0 saturated carbocycles. The van der Waals surface area contributed by atoms with Crippen LogP contribution in [-0.4, -0.2) is 43.7 Å². The van der Waals surface area contributed by atoms with Gasteiger partial charge in [0.15, 0.2) is 0 Å². The zero-order valence-electron chi connectivity index (χ0n) is 13.0. The van der Waals surface area contributed by atoms with Crippen LogP contribution in [-0.2, 0) is 9.47 Å². The molecule has 4 nitrogen and oxygen atoms in total. The Balaban J connectivity index is 2.04. The van der Waals surface area contributed by atoms with E-state index in [1.165, 1.54) is 0 Å². The highest BCUT2D eigenvalue weighted by atomic mass is 35.5. The minimum atomic E-state index is -0.365. The van der Waals surface area contributed by atoms with Crippen molar-refractivity contribution in [3.63, 3.8) is 0 Å². The first-order chi connectivity index (χ1) is 10.7. The van der Waals surface area contributed by atoms with Crippen LogP contribution in [0.3, 0.4) is 0 Å². The Morgan fingerprint density at radius 1 is 1.36 bits per heavy atom. The Morgan fingerprint density at radius 3 is 2.82 bits per heavy atom. The van der Waals surface area contributed by atoms with Gasteiger partial charge in [0.2, 0.25) is 0 Å². The summed E-state index contributed by atoms with van der Waals surface area (Å²) in [7, 11) is 1.69. The molecule has 2 rings (SSSR count). The van der Waals surface area contributed by atoms with E-state index in [2.05, 4.69) is 12.1 Å². The summed E-state index contributed by atoms with van der Waals surface area (Å²) in [6.07, 6.45) is 2.88. The molecule has 0 spiro atoms. The molecular weight excluding hydrogens is 302 g/mol. The summed E-state index contributed by atoms with van der Waals surface area (Å²) in [5, 5.41) is -0.365. The Hall–Kier alpha value is -1.10. The van der Waals surface area contributed by atoms with E-state index in [-0.39, 0.29) is 17.4 Å². The van der Waals surface area contributed by atoms with Crippen molar-refractivity contribution in [1.29, 1.82) is 0 Å². The van der Waals surface area contributed by atoms with E-state index in [4.69, 9.17) is 21.1 Å². The number of hydrogen-bond donors (Lipinski definition) is 0. The summed E-state index contributed by atoms with van der Waals surface area (Å²) in [6, 6.07) is 10.2. The van der Waals surface area contributed by atoms with Gasteiger partial charge in [-0.05, 0) is 36.4 Å². The van der Waals surface area contributed by atoms with Crippen molar-refractivity contribution in [2.24, 2.45) is 5.92 Å². The fourth-order valence-corrected chi connectivity index (χ4v) is 3.13. The molecule has 1 fully saturated rings. The molecule has 1 aromatic carbocycles. The maximum absolute atomic E-state index is 11.4. The van der Waals surface area contributed by atoms with Gasteiger partial charge in [-0.15, -0.1) is 0 Å². The molecule has 0 bridgehead atoms. The van der Waals surface area contributed by atoms with Crippen LogP contribution in [0, 0.1) is 5.92 Å². The van der Waals surface area contributed by atoms with Gasteiger partial charge >= 0.3 is 5.37 Å². The van der Waals surface area contributed by atoms with Crippen LogP contribution in [0.4, 0.5) is 4.79 Å². The van der Waals surface area contributed by atoms with Gasteiger partial charge in [0, 0.05) is 39.3 Å². The predicted octanol–water partition coefficient (Wildman–Crippen LogP) is 3.85. The van der Waals surface area contributed by atoms with Gasteiger partial charge in [0.1, 0.15) is 0 Å². The highest BCUT2D eigenvalue weighted by Crippen LogP contribution is 2.33. The topological polar surface area (TPSA) is 38.8 Å². The zero-order valence-corrected chi connectivity index (χ0v) is 13.8. The third-order valence-corrected chi connectivity index (χ3v) is 4.29. The molecule has 1 aliphatic rings. The molecule has 0 aliphatic carbocycles. The van der Waals surface area contributed by atoms with Gasteiger partial charge in [-0.1, -0.05) is 30.3 Å². The van der Waals surface area contributed by atoms with Crippen molar-refractivity contribution in [1.82, 2.24) is 4.90 Å². The molecule has 0 N–H and O–H groups in total. The van der Waals surface area contributed by atoms with Crippen molar-refractivity contribution in [3.8, 4) is 0 Å². The summed E-state index contributed by atoms with van der Waals surface area (Å²) in [5.41, 5.74) is 1.16. The van der Waals surface area contributed by atoms with Crippen molar-refractivity contribution >= 4 is 17.0 Å². The molecule has 22 heavy (non-hydrogen) atoms. The Kier molecular flexibility index (Phi) is 7.16. The van der Waals surface area contributed by atoms with Crippen LogP contribution < -0.4 is 0 Å². The first-order valence-corrected chi connectivity index (χ1v) is 8.20. The van der Waals surface area contributed by atoms with Crippen molar-refractivity contribution < 1.29 is 14.3 Å². The van der Waals surface area contributed by atoms with Crippen LogP contribution in [0.15, 0.2) is 30.3 Å². The summed E-state index contributed by atoms with van der Waals surface area (Å²) in [6.45, 7) is 2.74. The number of piperidine rings is 1. The number of benzene rings is 1. The second kappa shape index (κ2) is 9.13. The number of hydrogen-bond acceptors (Lipinski definition) is 3. The van der Waals surface area contributed by atoms with Gasteiger partial charge < -0.3 is 14.4 Å². The minimum Gasteiger partial charge on any atom is -0.385 e. The second-order valence-electron chi connectivity index (χ2n) is 5.65. The zero-order chi connectivity index (χ0) is 15.8. The molecule has 0 aromatic heterocycles. The Bertz CT molecular complexity index is 454. The lowest BCUT2D eigenvalue weighted by Gasteiger charge is -2.36. The lowest BCUT2D eigenvalue weighted by molar-refractivity contribution is -0.0155. The van der Waals surface area contributed by atoms with Gasteiger partial charge in [-0.3, -0.25) is 4.79 Å². The molecule has 1 heterocycles. The number of rotatable bonds is 7. The minimum absolute atomic E-state index is 0.00290. The number of amides is 1. The van der Waals surface area contributed by atoms with E-state index in [9.17, 15) is 4.79 Å². The lowest BCUT2D eigenvalue weighted by atomic mass is 9.88. The van der Waals surface area contributed by atoms with E-state index in [1.807, 2.05) is 18.2 Å². The van der Waals surface area contributed by atoms with E-state index in [1.54, 1.807) is 12.0 Å². The first-order valence-electron chi connectivity index (χ1n) is 7.82. The van der Waals surface area contributed by atoms with Gasteiger partial charge in [0.25, 0.3) is 0 Å². The Labute approximate surface area is 137 Å². The maximum atomic E-state index is 11.4. The molecule has 1 amide bonds. The smallest absolute Gasteiger partial charge is 0.316 e. The average Bonchev–Trinajstić information content (AvgIpc) is 2.56. The van der Waals surface area contributed by atoms with Crippen LogP contribution in [0.5, 0.6) is 0 Å². The average molecular weight is 326 g/mol. The summed E-state index contributed by atoms with van der Waals surface area (Å²) < 4.78 is 11.2. The van der Waals surface area contributed by atoms with E-state index in [0.717, 1.165) is 31.4 Å². The molecule has 0 unspecified atom stereocenters. The number of methoxy groups -OCH3 is 1. The SMILES string of the molecule is COCCCO[C@@H](c1ccccc1)[C@@H]1CCCN(C(=O)Cl)C1. The first kappa shape index (κ1) is 17.3. The van der Waals surface area contributed by atoms with Crippen LogP contribution in [0.1, 0.15) is 30.9 Å². The van der Waals surface area contributed by atoms with Crippen LogP contribution >= 0.6 is 11.6 Å². The van der Waals surface area contributed by atoms with Gasteiger partial charge in [0.05, 0.1) is 6.10 Å². The number of ether oxygens (including phenoxy) is 2. The fraction of sp³-hybridized carbons (Fsp3) is 0.588. The van der Waals surface area contributed by atoms with Crippen molar-refractivity contribution in [2.45, 2.75) is 25.4 Å². The predicted molar refractivity (Wildman–Crippen MR) is 87.2 cm³/mol. The van der Waals surface area contributed by atoms with E-state index >= 15 is 0 Å². The Morgan fingerprint density at radius 2 is 2.14 bits per heavy atom. The molecule has 2 atom stereocenters. The summed E-state index contributed by atoms with van der Waals surface area (Å²) in [4.78, 5) is 13.1. The molecule has 0 radical (unpaired) electrons. The fourth-order valence-electron chi connectivity index (χ4n) is 2.98. The summed E-state index contributed by atoms with van der Waals surface area (Å²) >= 11 is 5.65.